The van der Waals surface area contributed by atoms with Gasteiger partial charge in [0.25, 0.3) is 5.56 Å². The predicted octanol–water partition coefficient (Wildman–Crippen LogP) is 2.77. The third kappa shape index (κ3) is 6.19. The van der Waals surface area contributed by atoms with Crippen LogP contribution in [0.4, 0.5) is 0 Å². The minimum absolute atomic E-state index is 0.000298. The molecule has 41 heavy (non-hydrogen) atoms. The molecule has 4 aromatic rings. The lowest BCUT2D eigenvalue weighted by Crippen LogP contribution is -2.38. The number of H-pyrrole nitrogens is 1. The quantitative estimate of drug-likeness (QED) is 0.255. The number of aryl methyl sites for hydroxylation is 1. The lowest BCUT2D eigenvalue weighted by Gasteiger charge is -2.31. The number of hydrogen-bond acceptors (Lipinski definition) is 9. The van der Waals surface area contributed by atoms with Crippen molar-refractivity contribution in [2.75, 3.05) is 19.6 Å². The van der Waals surface area contributed by atoms with Crippen LogP contribution in [0.3, 0.4) is 0 Å². The van der Waals surface area contributed by atoms with Gasteiger partial charge >= 0.3 is 17.6 Å². The topological polar surface area (TPSA) is 136 Å². The number of esters is 2. The van der Waals surface area contributed by atoms with Gasteiger partial charge in [0.2, 0.25) is 0 Å². The molecule has 11 nitrogen and oxygen atoms in total. The van der Waals surface area contributed by atoms with E-state index in [1.54, 1.807) is 0 Å². The highest BCUT2D eigenvalue weighted by molar-refractivity contribution is 5.87. The summed E-state index contributed by atoms with van der Waals surface area (Å²) in [6.45, 7) is 7.36. The Morgan fingerprint density at radius 3 is 2.46 bits per heavy atom. The molecule has 1 saturated heterocycles. The van der Waals surface area contributed by atoms with Gasteiger partial charge in [0, 0.05) is 13.5 Å². The number of aromatic amines is 1. The van der Waals surface area contributed by atoms with Crippen LogP contribution in [-0.2, 0) is 38.8 Å². The summed E-state index contributed by atoms with van der Waals surface area (Å²) in [4.78, 5) is 63.5. The number of fused-ring (bicyclic) bond motifs is 2. The molecule has 0 aliphatic carbocycles. The first kappa shape index (κ1) is 28.2. The highest BCUT2D eigenvalue weighted by Crippen LogP contribution is 2.26. The summed E-state index contributed by atoms with van der Waals surface area (Å²) in [5.41, 5.74) is 3.95. The van der Waals surface area contributed by atoms with E-state index in [0.29, 0.717) is 24.1 Å². The minimum Gasteiger partial charge on any atom is -0.461 e. The normalized spacial score (nSPS) is 14.4. The van der Waals surface area contributed by atoms with Crippen molar-refractivity contribution in [2.45, 2.75) is 53.4 Å². The molecule has 5 rings (SSSR count). The molecule has 1 aliphatic rings. The van der Waals surface area contributed by atoms with Gasteiger partial charge in [-0.25, -0.2) is 19.3 Å². The average molecular weight is 560 g/mol. The summed E-state index contributed by atoms with van der Waals surface area (Å²) in [6, 6.07) is 11.6. The third-order valence-corrected chi connectivity index (χ3v) is 7.74. The molecular weight excluding hydrogens is 526 g/mol. The van der Waals surface area contributed by atoms with Crippen molar-refractivity contribution in [3.8, 4) is 0 Å². The van der Waals surface area contributed by atoms with Gasteiger partial charge in [0.1, 0.15) is 6.61 Å². The van der Waals surface area contributed by atoms with Crippen molar-refractivity contribution in [3.05, 3.63) is 79.5 Å². The Morgan fingerprint density at radius 1 is 1.02 bits per heavy atom. The number of carbonyl (C=O) groups excluding carboxylic acids is 2. The average Bonchev–Trinajstić information content (AvgIpc) is 2.96. The van der Waals surface area contributed by atoms with E-state index < -0.39 is 23.9 Å². The lowest BCUT2D eigenvalue weighted by atomic mass is 9.95. The van der Waals surface area contributed by atoms with E-state index in [1.165, 1.54) is 6.92 Å². The molecule has 2 aromatic heterocycles. The van der Waals surface area contributed by atoms with Gasteiger partial charge in [-0.1, -0.05) is 30.3 Å². The molecule has 214 valence electrons. The molecule has 11 heteroatoms. The zero-order chi connectivity index (χ0) is 29.1. The number of hydrogen-bond donors (Lipinski definition) is 1. The maximum Gasteiger partial charge on any atom is 0.332 e. The lowest BCUT2D eigenvalue weighted by molar-refractivity contribution is -0.151. The van der Waals surface area contributed by atoms with Crippen molar-refractivity contribution < 1.29 is 19.1 Å². The van der Waals surface area contributed by atoms with Crippen LogP contribution in [0, 0.1) is 19.8 Å². The molecule has 2 aromatic carbocycles. The van der Waals surface area contributed by atoms with Gasteiger partial charge in [0.05, 0.1) is 17.0 Å². The number of carbonyl (C=O) groups is 2. The van der Waals surface area contributed by atoms with Gasteiger partial charge in [-0.2, -0.15) is 0 Å². The van der Waals surface area contributed by atoms with Gasteiger partial charge in [-0.05, 0) is 74.5 Å². The number of ether oxygens (including phenoxy) is 2. The minimum atomic E-state index is -0.729. The molecule has 0 bridgehead atoms. The molecule has 1 N–H and O–H groups in total. The third-order valence-electron chi connectivity index (χ3n) is 7.74. The fraction of sp³-hybridized carbons (Fsp3) is 0.400. The Kier molecular flexibility index (Phi) is 8.25. The molecule has 0 amide bonds. The van der Waals surface area contributed by atoms with Crippen LogP contribution in [0.2, 0.25) is 0 Å². The Hall–Kier alpha value is -4.38. The Balaban J connectivity index is 1.30. The van der Waals surface area contributed by atoms with Crippen LogP contribution in [0.1, 0.15) is 42.0 Å². The van der Waals surface area contributed by atoms with Crippen molar-refractivity contribution in [1.82, 2.24) is 24.4 Å². The first-order valence-corrected chi connectivity index (χ1v) is 13.7. The highest BCUT2D eigenvalue weighted by Gasteiger charge is 2.26. The number of nitrogens with one attached hydrogen (secondary N) is 1. The van der Waals surface area contributed by atoms with Crippen molar-refractivity contribution in [3.63, 3.8) is 0 Å². The standard InChI is InChI=1S/C30H33N5O6/c1-18-15-24-25(32-27-26(31-24)28(37)35(30(39)33-27)17-41-20(3)36)23(19(18)2)11-14-34-12-9-22(10-13-34)29(38)40-16-21-7-5-4-6-8-21/h4-8,15,22H,9-14,16-17H2,1-3H3,(H,32,33,39). The van der Waals surface area contributed by atoms with Gasteiger partial charge in [-0.15, -0.1) is 0 Å². The molecule has 0 atom stereocenters. The molecule has 0 unspecified atom stereocenters. The van der Waals surface area contributed by atoms with E-state index in [-0.39, 0.29) is 23.1 Å². The van der Waals surface area contributed by atoms with E-state index in [0.717, 1.165) is 59.3 Å². The van der Waals surface area contributed by atoms with E-state index in [9.17, 15) is 19.2 Å². The first-order chi connectivity index (χ1) is 19.7. The van der Waals surface area contributed by atoms with E-state index in [1.807, 2.05) is 50.2 Å². The summed E-state index contributed by atoms with van der Waals surface area (Å²) in [6.07, 6.45) is 2.18. The molecule has 0 radical (unpaired) electrons. The second-order valence-electron chi connectivity index (χ2n) is 10.5. The van der Waals surface area contributed by atoms with Crippen LogP contribution in [-0.4, -0.2) is 56.0 Å². The van der Waals surface area contributed by atoms with Crippen molar-refractivity contribution >= 4 is 34.1 Å². The van der Waals surface area contributed by atoms with E-state index >= 15 is 0 Å². The zero-order valence-electron chi connectivity index (χ0n) is 23.4. The second-order valence-corrected chi connectivity index (χ2v) is 10.5. The van der Waals surface area contributed by atoms with Crippen LogP contribution >= 0.6 is 0 Å². The Morgan fingerprint density at radius 2 is 1.76 bits per heavy atom. The molecule has 0 spiro atoms. The SMILES string of the molecule is CC(=O)OCn1c(=O)[nH]c2nc3c(CCN4CCC(C(=O)OCc5ccccc5)CC4)c(C)c(C)cc3nc2c1=O. The van der Waals surface area contributed by atoms with E-state index in [2.05, 4.69) is 19.9 Å². The van der Waals surface area contributed by atoms with Gasteiger partial charge in [0.15, 0.2) is 17.9 Å². The number of likely N-dealkylation sites (tertiary alicyclic amines) is 1. The van der Waals surface area contributed by atoms with E-state index in [4.69, 9.17) is 9.47 Å². The van der Waals surface area contributed by atoms with Crippen LogP contribution in [0.15, 0.2) is 46.0 Å². The molecular formula is C30H33N5O6. The fourth-order valence-corrected chi connectivity index (χ4v) is 5.21. The van der Waals surface area contributed by atoms with Gasteiger partial charge < -0.3 is 14.4 Å². The van der Waals surface area contributed by atoms with Crippen LogP contribution < -0.4 is 11.2 Å². The van der Waals surface area contributed by atoms with Crippen molar-refractivity contribution in [1.29, 1.82) is 0 Å². The summed E-state index contributed by atoms with van der Waals surface area (Å²) >= 11 is 0. The second kappa shape index (κ2) is 12.0. The molecule has 0 saturated carbocycles. The number of nitrogens with zero attached hydrogens (tertiary/aromatic N) is 4. The number of rotatable bonds is 8. The first-order valence-electron chi connectivity index (χ1n) is 13.7. The zero-order valence-corrected chi connectivity index (χ0v) is 23.4. The maximum absolute atomic E-state index is 13.0. The molecule has 1 aliphatic heterocycles. The largest absolute Gasteiger partial charge is 0.461 e. The summed E-state index contributed by atoms with van der Waals surface area (Å²) in [7, 11) is 0. The number of benzene rings is 2. The molecule has 1 fully saturated rings. The smallest absolute Gasteiger partial charge is 0.332 e. The molecule has 3 heterocycles. The summed E-state index contributed by atoms with van der Waals surface area (Å²) < 4.78 is 11.2. The number of aromatic nitrogens is 4. The number of piperidine rings is 1. The van der Waals surface area contributed by atoms with Crippen LogP contribution in [0.5, 0.6) is 0 Å². The van der Waals surface area contributed by atoms with Gasteiger partial charge in [-0.3, -0.25) is 19.4 Å². The summed E-state index contributed by atoms with van der Waals surface area (Å²) in [5.74, 6) is -0.850. The maximum atomic E-state index is 13.0. The fourth-order valence-electron chi connectivity index (χ4n) is 5.21. The monoisotopic (exact) mass is 559 g/mol. The highest BCUT2D eigenvalue weighted by atomic mass is 16.5. The Labute approximate surface area is 236 Å². The predicted molar refractivity (Wildman–Crippen MR) is 152 cm³/mol. The van der Waals surface area contributed by atoms with Crippen LogP contribution in [0.25, 0.3) is 22.2 Å². The Bertz CT molecular complexity index is 1720. The van der Waals surface area contributed by atoms with Crippen molar-refractivity contribution in [2.24, 2.45) is 5.92 Å². The summed E-state index contributed by atoms with van der Waals surface area (Å²) in [5, 5.41) is 0.